The summed E-state index contributed by atoms with van der Waals surface area (Å²) in [5.74, 6) is 0.682. The van der Waals surface area contributed by atoms with E-state index in [1.807, 2.05) is 32.0 Å². The molecule has 1 N–H and O–H groups in total. The summed E-state index contributed by atoms with van der Waals surface area (Å²) in [6.45, 7) is 5.03. The van der Waals surface area contributed by atoms with Crippen LogP contribution in [-0.4, -0.2) is 40.3 Å². The second kappa shape index (κ2) is 10.6. The monoisotopic (exact) mass is 482 g/mol. The van der Waals surface area contributed by atoms with Gasteiger partial charge in [-0.2, -0.15) is 0 Å². The molecule has 2 aromatic rings. The first-order valence-corrected chi connectivity index (χ1v) is 12.0. The molecule has 0 fully saturated rings. The van der Waals surface area contributed by atoms with E-state index in [0.29, 0.717) is 25.3 Å². The Morgan fingerprint density at radius 3 is 2.45 bits per heavy atom. The van der Waals surface area contributed by atoms with Gasteiger partial charge in [0.05, 0.1) is 18.5 Å². The molecule has 0 heterocycles. The molecule has 0 radical (unpaired) electrons. The minimum atomic E-state index is -3.42. The third-order valence-corrected chi connectivity index (χ3v) is 6.01. The Bertz CT molecular complexity index is 930. The lowest BCUT2D eigenvalue weighted by Gasteiger charge is -2.22. The first-order valence-electron chi connectivity index (χ1n) is 9.37. The molecule has 0 saturated carbocycles. The zero-order valence-electron chi connectivity index (χ0n) is 16.9. The average Bonchev–Trinajstić information content (AvgIpc) is 2.64. The zero-order chi connectivity index (χ0) is 21.4. The number of carbonyl (C=O) groups is 1. The number of aryl methyl sites for hydroxylation is 2. The maximum absolute atomic E-state index is 12.1. The van der Waals surface area contributed by atoms with Crippen LogP contribution in [0.25, 0.3) is 0 Å². The Hall–Kier alpha value is -2.06. The van der Waals surface area contributed by atoms with Gasteiger partial charge >= 0.3 is 0 Å². The molecule has 2 rings (SSSR count). The number of anilines is 1. The quantitative estimate of drug-likeness (QED) is 0.522. The Balaban J connectivity index is 1.75. The number of rotatable bonds is 10. The summed E-state index contributed by atoms with van der Waals surface area (Å²) in [6, 6.07) is 13.0. The highest BCUT2D eigenvalue weighted by Gasteiger charge is 2.17. The number of nitrogens with one attached hydrogen (secondary N) is 1. The van der Waals surface area contributed by atoms with E-state index in [-0.39, 0.29) is 18.9 Å². The van der Waals surface area contributed by atoms with Crippen LogP contribution in [0.4, 0.5) is 5.69 Å². The molecule has 29 heavy (non-hydrogen) atoms. The molecule has 0 spiro atoms. The molecular formula is C21H27BrN2O4S. The van der Waals surface area contributed by atoms with Crippen molar-refractivity contribution in [3.63, 3.8) is 0 Å². The van der Waals surface area contributed by atoms with Crippen LogP contribution in [0.2, 0.25) is 0 Å². The number of hydrogen-bond donors (Lipinski definition) is 1. The Morgan fingerprint density at radius 1 is 1.14 bits per heavy atom. The molecule has 0 saturated heterocycles. The standard InChI is InChI=1S/C21H27BrN2O4S/c1-16-6-11-20(17(2)15-16)28-14-12-23-21(25)5-4-13-24(29(3,26)27)19-9-7-18(22)8-10-19/h6-11,15H,4-5,12-14H2,1-3H3,(H,23,25). The predicted octanol–water partition coefficient (Wildman–Crippen LogP) is 3.81. The van der Waals surface area contributed by atoms with Gasteiger partial charge in [-0.3, -0.25) is 9.10 Å². The zero-order valence-corrected chi connectivity index (χ0v) is 19.3. The summed E-state index contributed by atoms with van der Waals surface area (Å²) in [5.41, 5.74) is 2.82. The van der Waals surface area contributed by atoms with Gasteiger partial charge in [0.15, 0.2) is 0 Å². The van der Waals surface area contributed by atoms with Crippen LogP contribution in [-0.2, 0) is 14.8 Å². The third kappa shape index (κ3) is 7.70. The van der Waals surface area contributed by atoms with Crippen LogP contribution in [0.15, 0.2) is 46.9 Å². The minimum Gasteiger partial charge on any atom is -0.491 e. The summed E-state index contributed by atoms with van der Waals surface area (Å²) in [7, 11) is -3.42. The topological polar surface area (TPSA) is 75.7 Å². The summed E-state index contributed by atoms with van der Waals surface area (Å²) >= 11 is 3.34. The fraction of sp³-hybridized carbons (Fsp3) is 0.381. The number of ether oxygens (including phenoxy) is 1. The largest absolute Gasteiger partial charge is 0.491 e. The van der Waals surface area contributed by atoms with Crippen molar-refractivity contribution < 1.29 is 17.9 Å². The molecular weight excluding hydrogens is 456 g/mol. The van der Waals surface area contributed by atoms with Crippen LogP contribution in [0.1, 0.15) is 24.0 Å². The summed E-state index contributed by atoms with van der Waals surface area (Å²) in [4.78, 5) is 12.0. The highest BCUT2D eigenvalue weighted by atomic mass is 79.9. The van der Waals surface area contributed by atoms with Crippen LogP contribution in [0, 0.1) is 13.8 Å². The number of amides is 1. The Labute approximate surface area is 181 Å². The van der Waals surface area contributed by atoms with Gasteiger partial charge in [0.1, 0.15) is 12.4 Å². The van der Waals surface area contributed by atoms with E-state index in [1.54, 1.807) is 24.3 Å². The first-order chi connectivity index (χ1) is 13.7. The number of hydrogen-bond acceptors (Lipinski definition) is 4. The van der Waals surface area contributed by atoms with E-state index < -0.39 is 10.0 Å². The van der Waals surface area contributed by atoms with Crippen LogP contribution in [0.3, 0.4) is 0 Å². The normalized spacial score (nSPS) is 11.2. The number of carbonyl (C=O) groups excluding carboxylic acids is 1. The van der Waals surface area contributed by atoms with Crippen LogP contribution >= 0.6 is 15.9 Å². The molecule has 2 aromatic carbocycles. The molecule has 0 aliphatic rings. The lowest BCUT2D eigenvalue weighted by Crippen LogP contribution is -2.32. The first kappa shape index (κ1) is 23.2. The molecule has 6 nitrogen and oxygen atoms in total. The van der Waals surface area contributed by atoms with Crippen molar-refractivity contribution in [1.29, 1.82) is 0 Å². The van der Waals surface area contributed by atoms with E-state index >= 15 is 0 Å². The van der Waals surface area contributed by atoms with Crippen molar-refractivity contribution in [3.05, 3.63) is 58.1 Å². The number of halogens is 1. The molecule has 0 atom stereocenters. The molecule has 0 unspecified atom stereocenters. The van der Waals surface area contributed by atoms with Gasteiger partial charge in [-0.05, 0) is 56.2 Å². The van der Waals surface area contributed by atoms with Gasteiger partial charge in [0.25, 0.3) is 0 Å². The van der Waals surface area contributed by atoms with Gasteiger partial charge in [0, 0.05) is 17.4 Å². The van der Waals surface area contributed by atoms with Gasteiger partial charge in [-0.25, -0.2) is 8.42 Å². The van der Waals surface area contributed by atoms with E-state index in [1.165, 1.54) is 16.1 Å². The number of benzene rings is 2. The highest BCUT2D eigenvalue weighted by molar-refractivity contribution is 9.10. The van der Waals surface area contributed by atoms with Crippen molar-refractivity contribution in [2.75, 3.05) is 30.3 Å². The van der Waals surface area contributed by atoms with Crippen LogP contribution in [0.5, 0.6) is 5.75 Å². The fourth-order valence-corrected chi connectivity index (χ4v) is 4.11. The second-order valence-electron chi connectivity index (χ2n) is 6.88. The predicted molar refractivity (Wildman–Crippen MR) is 120 cm³/mol. The summed E-state index contributed by atoms with van der Waals surface area (Å²) in [5, 5.41) is 2.81. The molecule has 1 amide bonds. The Kier molecular flexibility index (Phi) is 8.52. The van der Waals surface area contributed by atoms with Crippen molar-refractivity contribution in [2.24, 2.45) is 0 Å². The maximum Gasteiger partial charge on any atom is 0.232 e. The van der Waals surface area contributed by atoms with Crippen molar-refractivity contribution in [2.45, 2.75) is 26.7 Å². The minimum absolute atomic E-state index is 0.126. The van der Waals surface area contributed by atoms with E-state index in [2.05, 4.69) is 21.2 Å². The fourth-order valence-electron chi connectivity index (χ4n) is 2.88. The van der Waals surface area contributed by atoms with E-state index in [9.17, 15) is 13.2 Å². The third-order valence-electron chi connectivity index (χ3n) is 4.29. The SMILES string of the molecule is Cc1ccc(OCCNC(=O)CCCN(c2ccc(Br)cc2)S(C)(=O)=O)c(C)c1. The summed E-state index contributed by atoms with van der Waals surface area (Å²) < 4.78 is 32.0. The molecule has 0 aliphatic heterocycles. The lowest BCUT2D eigenvalue weighted by molar-refractivity contribution is -0.121. The number of nitrogens with zero attached hydrogens (tertiary/aromatic N) is 1. The van der Waals surface area contributed by atoms with Gasteiger partial charge in [-0.15, -0.1) is 0 Å². The van der Waals surface area contributed by atoms with Crippen LogP contribution < -0.4 is 14.4 Å². The Morgan fingerprint density at radius 2 is 1.83 bits per heavy atom. The molecule has 158 valence electrons. The smallest absolute Gasteiger partial charge is 0.232 e. The van der Waals surface area contributed by atoms with Gasteiger partial charge in [-0.1, -0.05) is 33.6 Å². The molecule has 8 heteroatoms. The molecule has 0 aliphatic carbocycles. The lowest BCUT2D eigenvalue weighted by atomic mass is 10.1. The second-order valence-corrected chi connectivity index (χ2v) is 9.70. The molecule has 0 bridgehead atoms. The number of sulfonamides is 1. The summed E-state index contributed by atoms with van der Waals surface area (Å²) in [6.07, 6.45) is 1.83. The maximum atomic E-state index is 12.1. The van der Waals surface area contributed by atoms with Gasteiger partial charge < -0.3 is 10.1 Å². The van der Waals surface area contributed by atoms with Crippen molar-refractivity contribution in [3.8, 4) is 5.75 Å². The van der Waals surface area contributed by atoms with E-state index in [4.69, 9.17) is 4.74 Å². The van der Waals surface area contributed by atoms with Crippen molar-refractivity contribution in [1.82, 2.24) is 5.32 Å². The molecule has 0 aromatic heterocycles. The van der Waals surface area contributed by atoms with Crippen molar-refractivity contribution >= 4 is 37.5 Å². The average molecular weight is 483 g/mol. The highest BCUT2D eigenvalue weighted by Crippen LogP contribution is 2.21. The van der Waals surface area contributed by atoms with Gasteiger partial charge in [0.2, 0.25) is 15.9 Å². The van der Waals surface area contributed by atoms with E-state index in [0.717, 1.165) is 15.8 Å².